The number of benzene rings is 1. The molecule has 0 bridgehead atoms. The number of urea groups is 1. The zero-order chi connectivity index (χ0) is 19.3. The number of imide groups is 1. The van der Waals surface area contributed by atoms with Crippen LogP contribution in [0.15, 0.2) is 23.4 Å². The van der Waals surface area contributed by atoms with E-state index in [1.807, 2.05) is 13.8 Å². The number of thioether (sulfide) groups is 1. The van der Waals surface area contributed by atoms with Gasteiger partial charge in [-0.05, 0) is 24.1 Å². The highest BCUT2D eigenvalue weighted by atomic mass is 35.5. The molecule has 0 fully saturated rings. The summed E-state index contributed by atoms with van der Waals surface area (Å²) in [5.41, 5.74) is 0.526. The van der Waals surface area contributed by atoms with Gasteiger partial charge in [0.05, 0.1) is 10.8 Å². The molecule has 0 aliphatic rings. The summed E-state index contributed by atoms with van der Waals surface area (Å²) in [7, 11) is 0. The van der Waals surface area contributed by atoms with Gasteiger partial charge in [0.1, 0.15) is 0 Å². The highest BCUT2D eigenvalue weighted by molar-refractivity contribution is 7.99. The molecular weight excluding hydrogens is 399 g/mol. The quantitative estimate of drug-likeness (QED) is 0.492. The summed E-state index contributed by atoms with van der Waals surface area (Å²) in [5.74, 6) is 6.07. The van der Waals surface area contributed by atoms with E-state index in [0.717, 1.165) is 11.8 Å². The number of rotatable bonds is 6. The monoisotopic (exact) mass is 416 g/mol. The molecule has 2 rings (SSSR count). The zero-order valence-corrected chi connectivity index (χ0v) is 16.5. The van der Waals surface area contributed by atoms with Crippen molar-refractivity contribution in [2.45, 2.75) is 19.0 Å². The lowest BCUT2D eigenvalue weighted by Gasteiger charge is -2.08. The van der Waals surface area contributed by atoms with Gasteiger partial charge in [-0.25, -0.2) is 9.47 Å². The maximum Gasteiger partial charge on any atom is 0.321 e. The minimum atomic E-state index is -0.537. The predicted molar refractivity (Wildman–Crippen MR) is 103 cm³/mol. The molecule has 3 amide bonds. The third-order valence-corrected chi connectivity index (χ3v) is 4.60. The largest absolute Gasteiger partial charge is 0.338 e. The maximum atomic E-state index is 11.8. The maximum absolute atomic E-state index is 11.8. The Balaban J connectivity index is 1.97. The molecule has 8 nitrogen and oxygen atoms in total. The molecule has 1 aromatic heterocycles. The Morgan fingerprint density at radius 2 is 2.04 bits per heavy atom. The van der Waals surface area contributed by atoms with Gasteiger partial charge >= 0.3 is 6.03 Å². The molecule has 0 aliphatic carbocycles. The molecule has 0 aliphatic heterocycles. The van der Waals surface area contributed by atoms with Crippen LogP contribution in [0.2, 0.25) is 10.0 Å². The minimum absolute atomic E-state index is 0.0479. The van der Waals surface area contributed by atoms with Crippen molar-refractivity contribution in [2.24, 2.45) is 5.92 Å². The molecule has 2 aromatic rings. The molecule has 1 heterocycles. The van der Waals surface area contributed by atoms with Crippen LogP contribution in [0.5, 0.6) is 0 Å². The van der Waals surface area contributed by atoms with E-state index in [4.69, 9.17) is 29.0 Å². The van der Waals surface area contributed by atoms with Crippen molar-refractivity contribution in [2.75, 3.05) is 18.1 Å². The van der Waals surface area contributed by atoms with Crippen LogP contribution in [0.3, 0.4) is 0 Å². The number of nitrogens with one attached hydrogen (secondary N) is 2. The minimum Gasteiger partial charge on any atom is -0.338 e. The first kappa shape index (κ1) is 20.3. The number of amides is 3. The van der Waals surface area contributed by atoms with Gasteiger partial charge in [0.15, 0.2) is 5.82 Å². The van der Waals surface area contributed by atoms with E-state index in [-0.39, 0.29) is 11.7 Å². The third-order valence-electron chi connectivity index (χ3n) is 3.09. The number of nitrogens with two attached hydrogens (primary N) is 1. The molecule has 0 unspecified atom stereocenters. The Labute approximate surface area is 164 Å². The summed E-state index contributed by atoms with van der Waals surface area (Å²) in [5, 5.41) is 14.0. The molecule has 0 saturated heterocycles. The molecule has 1 aromatic carbocycles. The van der Waals surface area contributed by atoms with Gasteiger partial charge in [-0.15, -0.1) is 10.2 Å². The number of carbonyl (C=O) groups is 2. The molecular formula is C15H18Cl2N6O2S. The SMILES string of the molecule is CC(C)CNC(=O)NC(=O)CSc1nnc(-c2cc(Cl)ccc2Cl)n1N. The summed E-state index contributed by atoms with van der Waals surface area (Å²) >= 11 is 13.2. The molecule has 0 saturated carbocycles. The topological polar surface area (TPSA) is 115 Å². The fourth-order valence-corrected chi connectivity index (χ4v) is 2.89. The highest BCUT2D eigenvalue weighted by Crippen LogP contribution is 2.30. The van der Waals surface area contributed by atoms with E-state index < -0.39 is 11.9 Å². The van der Waals surface area contributed by atoms with Crippen LogP contribution in [0.1, 0.15) is 13.8 Å². The van der Waals surface area contributed by atoms with Crippen LogP contribution in [0.4, 0.5) is 4.79 Å². The van der Waals surface area contributed by atoms with Gasteiger partial charge in [0.25, 0.3) is 0 Å². The summed E-state index contributed by atoms with van der Waals surface area (Å²) in [6.07, 6.45) is 0. The zero-order valence-electron chi connectivity index (χ0n) is 14.1. The lowest BCUT2D eigenvalue weighted by molar-refractivity contribution is -0.117. The standard InChI is InChI=1S/C15H18Cl2N6O2S/c1-8(2)6-19-14(25)20-12(24)7-26-15-22-21-13(23(15)18)10-5-9(16)3-4-11(10)17/h3-5,8H,6-7,18H2,1-2H3,(H2,19,20,24,25). The molecule has 0 radical (unpaired) electrons. The number of halogens is 2. The number of hydrogen-bond donors (Lipinski definition) is 3. The average Bonchev–Trinajstić information content (AvgIpc) is 2.94. The van der Waals surface area contributed by atoms with Crippen molar-refractivity contribution >= 4 is 46.9 Å². The lowest BCUT2D eigenvalue weighted by Crippen LogP contribution is -2.41. The number of nitrogens with zero attached hydrogens (tertiary/aromatic N) is 3. The third kappa shape index (κ3) is 5.52. The number of carbonyl (C=O) groups excluding carboxylic acids is 2. The van der Waals surface area contributed by atoms with Crippen molar-refractivity contribution in [3.8, 4) is 11.4 Å². The van der Waals surface area contributed by atoms with Gasteiger partial charge in [0.2, 0.25) is 11.1 Å². The second-order valence-electron chi connectivity index (χ2n) is 5.74. The van der Waals surface area contributed by atoms with Gasteiger partial charge in [-0.1, -0.05) is 48.8 Å². The summed E-state index contributed by atoms with van der Waals surface area (Å²) in [6, 6.07) is 4.36. The Morgan fingerprint density at radius 1 is 1.31 bits per heavy atom. The fourth-order valence-electron chi connectivity index (χ4n) is 1.86. The van der Waals surface area contributed by atoms with E-state index in [0.29, 0.717) is 33.1 Å². The van der Waals surface area contributed by atoms with Crippen molar-refractivity contribution in [3.63, 3.8) is 0 Å². The number of aromatic nitrogens is 3. The molecule has 26 heavy (non-hydrogen) atoms. The summed E-state index contributed by atoms with van der Waals surface area (Å²) in [4.78, 5) is 23.4. The van der Waals surface area contributed by atoms with Gasteiger partial charge < -0.3 is 11.2 Å². The first-order valence-corrected chi connectivity index (χ1v) is 9.38. The van der Waals surface area contributed by atoms with Gasteiger partial charge in [-0.2, -0.15) is 0 Å². The van der Waals surface area contributed by atoms with E-state index in [9.17, 15) is 9.59 Å². The van der Waals surface area contributed by atoms with Gasteiger partial charge in [-0.3, -0.25) is 10.1 Å². The molecule has 0 atom stereocenters. The summed E-state index contributed by atoms with van der Waals surface area (Å²) in [6.45, 7) is 4.39. The molecule has 140 valence electrons. The smallest absolute Gasteiger partial charge is 0.321 e. The van der Waals surface area contributed by atoms with Crippen molar-refractivity contribution < 1.29 is 9.59 Å². The van der Waals surface area contributed by atoms with Crippen molar-refractivity contribution in [1.82, 2.24) is 25.5 Å². The normalized spacial score (nSPS) is 10.8. The number of hydrogen-bond acceptors (Lipinski definition) is 6. The average molecular weight is 417 g/mol. The van der Waals surface area contributed by atoms with E-state index >= 15 is 0 Å². The predicted octanol–water partition coefficient (Wildman–Crippen LogP) is 2.54. The Kier molecular flexibility index (Phi) is 7.13. The van der Waals surface area contributed by atoms with Crippen LogP contribution in [-0.4, -0.2) is 39.1 Å². The Morgan fingerprint density at radius 3 is 2.73 bits per heavy atom. The van der Waals surface area contributed by atoms with Gasteiger partial charge in [0, 0.05) is 17.1 Å². The van der Waals surface area contributed by atoms with Crippen LogP contribution in [0.25, 0.3) is 11.4 Å². The van der Waals surface area contributed by atoms with Crippen molar-refractivity contribution in [1.29, 1.82) is 0 Å². The molecule has 0 spiro atoms. The summed E-state index contributed by atoms with van der Waals surface area (Å²) < 4.78 is 1.22. The molecule has 4 N–H and O–H groups in total. The lowest BCUT2D eigenvalue weighted by atomic mass is 10.2. The number of nitrogen functional groups attached to an aromatic ring is 1. The van der Waals surface area contributed by atoms with Crippen LogP contribution in [0, 0.1) is 5.92 Å². The van der Waals surface area contributed by atoms with E-state index in [2.05, 4.69) is 20.8 Å². The second kappa shape index (κ2) is 9.11. The Hall–Kier alpha value is -1.97. The van der Waals surface area contributed by atoms with E-state index in [1.165, 1.54) is 4.68 Å². The first-order chi connectivity index (χ1) is 12.3. The Bertz CT molecular complexity index is 811. The van der Waals surface area contributed by atoms with Crippen LogP contribution in [-0.2, 0) is 4.79 Å². The first-order valence-electron chi connectivity index (χ1n) is 7.64. The second-order valence-corrected chi connectivity index (χ2v) is 7.53. The van der Waals surface area contributed by atoms with E-state index in [1.54, 1.807) is 18.2 Å². The molecule has 11 heteroatoms. The fraction of sp³-hybridized carbons (Fsp3) is 0.333. The van der Waals surface area contributed by atoms with Crippen molar-refractivity contribution in [3.05, 3.63) is 28.2 Å². The van der Waals surface area contributed by atoms with Crippen LogP contribution >= 0.6 is 35.0 Å². The highest BCUT2D eigenvalue weighted by Gasteiger charge is 2.17. The van der Waals surface area contributed by atoms with Crippen LogP contribution < -0.4 is 16.5 Å².